The molecule has 1 aliphatic carbocycles. The van der Waals surface area contributed by atoms with E-state index in [-0.39, 0.29) is 5.69 Å². The number of aromatic nitrogens is 1. The molecule has 188 valence electrons. The van der Waals surface area contributed by atoms with E-state index < -0.39 is 35.8 Å². The van der Waals surface area contributed by atoms with Gasteiger partial charge < -0.3 is 4.74 Å². The van der Waals surface area contributed by atoms with E-state index in [1.807, 2.05) is 24.5 Å². The molecule has 1 unspecified atom stereocenters. The van der Waals surface area contributed by atoms with Crippen molar-refractivity contribution in [2.45, 2.75) is 70.1 Å². The molecule has 0 bridgehead atoms. The molecule has 2 fully saturated rings. The molecule has 1 atom stereocenters. The molecule has 1 N–H and O–H groups in total. The van der Waals surface area contributed by atoms with Crippen molar-refractivity contribution in [3.63, 3.8) is 0 Å². The minimum atomic E-state index is -4.83. The average molecular weight is 492 g/mol. The number of halogens is 3. The lowest BCUT2D eigenvalue weighted by molar-refractivity contribution is -0.725. The van der Waals surface area contributed by atoms with Crippen LogP contribution < -0.4 is 19.5 Å². The fraction of sp³-hybridized carbons (Fsp3) is 0.480. The van der Waals surface area contributed by atoms with Crippen molar-refractivity contribution in [2.75, 3.05) is 11.9 Å². The number of benzene rings is 1. The fourth-order valence-electron chi connectivity index (χ4n) is 4.97. The Hall–Kier alpha value is -3.14. The maximum atomic E-state index is 13.5. The molecule has 1 saturated carbocycles. The molecule has 2 heterocycles. The number of rotatable bonds is 6. The van der Waals surface area contributed by atoms with Crippen LogP contribution in [0.2, 0.25) is 0 Å². The van der Waals surface area contributed by atoms with Crippen LogP contribution in [-0.4, -0.2) is 35.8 Å². The summed E-state index contributed by atoms with van der Waals surface area (Å²) >= 11 is 0. The molecule has 0 spiro atoms. The van der Waals surface area contributed by atoms with E-state index >= 15 is 0 Å². The molecule has 1 aromatic carbocycles. The topological polar surface area (TPSA) is 65.8 Å². The maximum absolute atomic E-state index is 13.5. The SMILES string of the molecule is CNC(c1cc[n+](C2CCCCC2)cc1)N1C(=O)N(c2ccc(OC(F)(F)F)cc2)C(=O)C1(C)C. The zero-order valence-corrected chi connectivity index (χ0v) is 20.0. The molecular weight excluding hydrogens is 461 g/mol. The number of urea groups is 1. The molecule has 7 nitrogen and oxygen atoms in total. The van der Waals surface area contributed by atoms with Crippen molar-refractivity contribution in [2.24, 2.45) is 0 Å². The molecule has 1 aromatic heterocycles. The lowest BCUT2D eigenvalue weighted by Gasteiger charge is -2.35. The van der Waals surface area contributed by atoms with Gasteiger partial charge in [-0.05, 0) is 58.0 Å². The van der Waals surface area contributed by atoms with Gasteiger partial charge in [0.05, 0.1) is 5.69 Å². The predicted octanol–water partition coefficient (Wildman–Crippen LogP) is 4.84. The number of alkyl halides is 3. The van der Waals surface area contributed by atoms with Gasteiger partial charge >= 0.3 is 12.4 Å². The Balaban J connectivity index is 1.59. The quantitative estimate of drug-likeness (QED) is 0.464. The fourth-order valence-corrected chi connectivity index (χ4v) is 4.97. The Kier molecular flexibility index (Phi) is 6.77. The van der Waals surface area contributed by atoms with Crippen LogP contribution in [0, 0.1) is 0 Å². The van der Waals surface area contributed by atoms with E-state index in [1.165, 1.54) is 36.3 Å². The van der Waals surface area contributed by atoms with Gasteiger partial charge in [-0.2, -0.15) is 0 Å². The molecule has 2 aromatic rings. The number of nitrogens with zero attached hydrogens (tertiary/aromatic N) is 3. The number of imide groups is 1. The highest BCUT2D eigenvalue weighted by molar-refractivity contribution is 6.23. The largest absolute Gasteiger partial charge is 0.573 e. The summed E-state index contributed by atoms with van der Waals surface area (Å²) in [5, 5.41) is 3.14. The Morgan fingerprint density at radius 3 is 2.17 bits per heavy atom. The second-order valence-corrected chi connectivity index (χ2v) is 9.46. The number of pyridine rings is 1. The molecule has 1 aliphatic heterocycles. The molecule has 35 heavy (non-hydrogen) atoms. The molecular formula is C25H30F3N4O3+. The van der Waals surface area contributed by atoms with Crippen molar-refractivity contribution in [1.29, 1.82) is 0 Å². The first-order valence-electron chi connectivity index (χ1n) is 11.7. The normalized spacial score (nSPS) is 19.8. The van der Waals surface area contributed by atoms with Crippen LogP contribution in [0.5, 0.6) is 5.75 Å². The van der Waals surface area contributed by atoms with E-state index in [1.54, 1.807) is 20.9 Å². The first-order chi connectivity index (χ1) is 16.5. The first-order valence-corrected chi connectivity index (χ1v) is 11.7. The van der Waals surface area contributed by atoms with Crippen molar-refractivity contribution in [3.05, 3.63) is 54.4 Å². The van der Waals surface area contributed by atoms with E-state index in [9.17, 15) is 22.8 Å². The highest BCUT2D eigenvalue weighted by atomic mass is 19.4. The summed E-state index contributed by atoms with van der Waals surface area (Å²) in [6.07, 6.45) is 4.62. The van der Waals surface area contributed by atoms with Crippen LogP contribution in [0.4, 0.5) is 23.7 Å². The number of carbonyl (C=O) groups is 2. The Labute approximate surface area is 202 Å². The zero-order valence-electron chi connectivity index (χ0n) is 20.0. The number of amides is 3. The maximum Gasteiger partial charge on any atom is 0.573 e. The lowest BCUT2D eigenvalue weighted by Crippen LogP contribution is -2.50. The monoisotopic (exact) mass is 491 g/mol. The Morgan fingerprint density at radius 2 is 1.63 bits per heavy atom. The van der Waals surface area contributed by atoms with Gasteiger partial charge in [-0.15, -0.1) is 13.2 Å². The highest BCUT2D eigenvalue weighted by Gasteiger charge is 2.54. The van der Waals surface area contributed by atoms with Crippen molar-refractivity contribution in [3.8, 4) is 5.75 Å². The van der Waals surface area contributed by atoms with E-state index in [2.05, 4.69) is 14.6 Å². The van der Waals surface area contributed by atoms with Crippen molar-refractivity contribution in [1.82, 2.24) is 10.2 Å². The van der Waals surface area contributed by atoms with Gasteiger partial charge in [0.2, 0.25) is 0 Å². The van der Waals surface area contributed by atoms with Crippen LogP contribution in [-0.2, 0) is 4.79 Å². The van der Waals surface area contributed by atoms with Crippen LogP contribution in [0.15, 0.2) is 48.8 Å². The Morgan fingerprint density at radius 1 is 1.03 bits per heavy atom. The molecule has 2 aliphatic rings. The third-order valence-electron chi connectivity index (χ3n) is 6.78. The summed E-state index contributed by atoms with van der Waals surface area (Å²) < 4.78 is 43.5. The number of nitrogens with one attached hydrogen (secondary N) is 1. The summed E-state index contributed by atoms with van der Waals surface area (Å²) in [5.74, 6) is -0.902. The number of hydrogen-bond donors (Lipinski definition) is 1. The van der Waals surface area contributed by atoms with Crippen molar-refractivity contribution >= 4 is 17.6 Å². The smallest absolute Gasteiger partial charge is 0.406 e. The summed E-state index contributed by atoms with van der Waals surface area (Å²) in [6.45, 7) is 3.31. The second kappa shape index (κ2) is 9.49. The second-order valence-electron chi connectivity index (χ2n) is 9.46. The highest BCUT2D eigenvalue weighted by Crippen LogP contribution is 2.38. The predicted molar refractivity (Wildman–Crippen MR) is 122 cm³/mol. The minimum Gasteiger partial charge on any atom is -0.406 e. The molecule has 10 heteroatoms. The Bertz CT molecular complexity index is 1060. The molecule has 4 rings (SSSR count). The van der Waals surface area contributed by atoms with Gasteiger partial charge in [0.15, 0.2) is 18.4 Å². The minimum absolute atomic E-state index is 0.170. The van der Waals surface area contributed by atoms with Gasteiger partial charge in [-0.1, -0.05) is 6.42 Å². The number of carbonyl (C=O) groups excluding carboxylic acids is 2. The molecule has 0 radical (unpaired) electrons. The van der Waals surface area contributed by atoms with Gasteiger partial charge in [0, 0.05) is 30.5 Å². The van der Waals surface area contributed by atoms with Crippen LogP contribution in [0.3, 0.4) is 0 Å². The van der Waals surface area contributed by atoms with E-state index in [4.69, 9.17) is 0 Å². The molecule has 1 saturated heterocycles. The average Bonchev–Trinajstić information content (AvgIpc) is 3.00. The zero-order chi connectivity index (χ0) is 25.4. The number of anilines is 1. The van der Waals surface area contributed by atoms with Crippen LogP contribution in [0.1, 0.15) is 63.7 Å². The molecule has 3 amide bonds. The number of hydrogen-bond acceptors (Lipinski definition) is 4. The van der Waals surface area contributed by atoms with E-state index in [0.29, 0.717) is 6.04 Å². The lowest BCUT2D eigenvalue weighted by atomic mass is 9.95. The summed E-state index contributed by atoms with van der Waals surface area (Å²) in [5.41, 5.74) is -0.200. The summed E-state index contributed by atoms with van der Waals surface area (Å²) in [6, 6.07) is 8.50. The van der Waals surface area contributed by atoms with Crippen LogP contribution >= 0.6 is 0 Å². The van der Waals surface area contributed by atoms with E-state index in [0.717, 1.165) is 35.4 Å². The third kappa shape index (κ3) is 4.98. The van der Waals surface area contributed by atoms with Gasteiger partial charge in [0.25, 0.3) is 5.91 Å². The van der Waals surface area contributed by atoms with Gasteiger partial charge in [-0.25, -0.2) is 14.3 Å². The number of ether oxygens (including phenoxy) is 1. The first kappa shape index (κ1) is 25.0. The summed E-state index contributed by atoms with van der Waals surface area (Å²) in [7, 11) is 1.71. The van der Waals surface area contributed by atoms with Crippen molar-refractivity contribution < 1.29 is 32.1 Å². The third-order valence-corrected chi connectivity index (χ3v) is 6.78. The van der Waals surface area contributed by atoms with Gasteiger partial charge in [-0.3, -0.25) is 15.0 Å². The van der Waals surface area contributed by atoms with Crippen LogP contribution in [0.25, 0.3) is 0 Å². The standard InChI is InChI=1S/C25H30F3N4O3/c1-24(2)22(33)31(19-9-11-20(12-10-19)35-25(26,27)28)23(34)32(24)21(29-3)17-13-15-30(16-14-17)18-7-5-4-6-8-18/h9-16,18,21,29H,4-8H2,1-3H3/q+1. The van der Waals surface area contributed by atoms with Gasteiger partial charge in [0.1, 0.15) is 17.5 Å². The summed E-state index contributed by atoms with van der Waals surface area (Å²) in [4.78, 5) is 29.3.